The minimum absolute atomic E-state index is 0.163. The smallest absolute Gasteiger partial charge is 0.145 e. The second-order valence-electron chi connectivity index (χ2n) is 8.66. The molecule has 4 nitrogen and oxygen atoms in total. The predicted octanol–water partition coefficient (Wildman–Crippen LogP) is 5.46. The number of aryl methyl sites for hydroxylation is 1. The lowest BCUT2D eigenvalue weighted by molar-refractivity contribution is 0.288. The number of rotatable bonds is 7. The summed E-state index contributed by atoms with van der Waals surface area (Å²) in [4.78, 5) is 11.2. The molecule has 0 bridgehead atoms. The molecule has 1 aromatic heterocycles. The van der Waals surface area contributed by atoms with Crippen molar-refractivity contribution in [3.8, 4) is 5.75 Å². The highest BCUT2D eigenvalue weighted by Gasteiger charge is 2.40. The minimum Gasteiger partial charge on any atom is -0.487 e. The lowest BCUT2D eigenvalue weighted by Crippen LogP contribution is -2.35. The van der Waals surface area contributed by atoms with Crippen LogP contribution >= 0.6 is 0 Å². The Kier molecular flexibility index (Phi) is 5.87. The molecule has 1 unspecified atom stereocenters. The van der Waals surface area contributed by atoms with Gasteiger partial charge in [-0.2, -0.15) is 0 Å². The third-order valence-electron chi connectivity index (χ3n) is 6.49. The molecule has 0 aliphatic heterocycles. The van der Waals surface area contributed by atoms with Crippen molar-refractivity contribution >= 4 is 0 Å². The molecule has 0 radical (unpaired) electrons. The quantitative estimate of drug-likeness (QED) is 0.527. The Morgan fingerprint density at radius 3 is 2.17 bits per heavy atom. The van der Waals surface area contributed by atoms with Crippen molar-refractivity contribution in [2.24, 2.45) is 0 Å². The fourth-order valence-electron chi connectivity index (χ4n) is 4.10. The van der Waals surface area contributed by atoms with E-state index in [1.54, 1.807) is 0 Å². The highest BCUT2D eigenvalue weighted by molar-refractivity contribution is 5.44. The monoisotopic (exact) mass is 401 g/mol. The summed E-state index contributed by atoms with van der Waals surface area (Å²) in [6.45, 7) is 4.69. The standard InChI is InChI=1S/C26H31N3O/c1-19-6-8-21(9-7-19)26(15-5-16-26)22-10-12-24(13-11-22)30-18-23-14-17-27-25(28-23)20(2)29(3)4/h6-14,17,20H,5,15-16,18H2,1-4H3. The number of benzene rings is 2. The molecule has 1 aliphatic carbocycles. The number of hydrogen-bond donors (Lipinski definition) is 0. The Balaban J connectivity index is 1.45. The summed E-state index contributed by atoms with van der Waals surface area (Å²) < 4.78 is 6.02. The van der Waals surface area contributed by atoms with Crippen LogP contribution < -0.4 is 4.74 Å². The van der Waals surface area contributed by atoms with E-state index in [4.69, 9.17) is 4.74 Å². The van der Waals surface area contributed by atoms with Crippen molar-refractivity contribution in [2.45, 2.75) is 51.2 Å². The van der Waals surface area contributed by atoms with Gasteiger partial charge in [0.25, 0.3) is 0 Å². The van der Waals surface area contributed by atoms with Crippen LogP contribution in [0, 0.1) is 6.92 Å². The van der Waals surface area contributed by atoms with E-state index < -0.39 is 0 Å². The van der Waals surface area contributed by atoms with Gasteiger partial charge in [-0.25, -0.2) is 9.97 Å². The molecule has 0 N–H and O–H groups in total. The molecule has 156 valence electrons. The van der Waals surface area contributed by atoms with Gasteiger partial charge in [0.05, 0.1) is 11.7 Å². The molecule has 30 heavy (non-hydrogen) atoms. The molecule has 0 amide bonds. The van der Waals surface area contributed by atoms with Crippen molar-refractivity contribution in [2.75, 3.05) is 14.1 Å². The third-order valence-corrected chi connectivity index (χ3v) is 6.49. The molecule has 1 heterocycles. The second-order valence-corrected chi connectivity index (χ2v) is 8.66. The zero-order chi connectivity index (χ0) is 21.1. The summed E-state index contributed by atoms with van der Waals surface area (Å²) in [5, 5.41) is 0. The van der Waals surface area contributed by atoms with E-state index in [1.807, 2.05) is 26.4 Å². The van der Waals surface area contributed by atoms with Crippen LogP contribution in [0.25, 0.3) is 0 Å². The molecule has 1 aliphatic rings. The fraction of sp³-hybridized carbons (Fsp3) is 0.385. The van der Waals surface area contributed by atoms with Gasteiger partial charge in [0, 0.05) is 11.6 Å². The summed E-state index contributed by atoms with van der Waals surface area (Å²) in [7, 11) is 4.06. The van der Waals surface area contributed by atoms with Gasteiger partial charge in [-0.15, -0.1) is 0 Å². The van der Waals surface area contributed by atoms with Gasteiger partial charge >= 0.3 is 0 Å². The second kappa shape index (κ2) is 8.57. The summed E-state index contributed by atoms with van der Waals surface area (Å²) in [6, 6.07) is 19.8. The van der Waals surface area contributed by atoms with Crippen LogP contribution in [-0.2, 0) is 12.0 Å². The van der Waals surface area contributed by atoms with Gasteiger partial charge in [-0.3, -0.25) is 4.90 Å². The van der Waals surface area contributed by atoms with Crippen molar-refractivity contribution < 1.29 is 4.74 Å². The van der Waals surface area contributed by atoms with Crippen molar-refractivity contribution in [1.29, 1.82) is 0 Å². The maximum Gasteiger partial charge on any atom is 0.145 e. The minimum atomic E-state index is 0.163. The maximum absolute atomic E-state index is 6.02. The first kappa shape index (κ1) is 20.5. The van der Waals surface area contributed by atoms with E-state index in [1.165, 1.54) is 36.0 Å². The largest absolute Gasteiger partial charge is 0.487 e. The lowest BCUT2D eigenvalue weighted by atomic mass is 9.60. The van der Waals surface area contributed by atoms with Crippen LogP contribution in [0.5, 0.6) is 5.75 Å². The summed E-state index contributed by atoms with van der Waals surface area (Å²) in [5.41, 5.74) is 5.18. The van der Waals surface area contributed by atoms with E-state index >= 15 is 0 Å². The van der Waals surface area contributed by atoms with E-state index in [0.29, 0.717) is 6.61 Å². The molecule has 1 saturated carbocycles. The predicted molar refractivity (Wildman–Crippen MR) is 121 cm³/mol. The summed E-state index contributed by atoms with van der Waals surface area (Å²) in [6.07, 6.45) is 5.52. The zero-order valence-corrected chi connectivity index (χ0v) is 18.4. The van der Waals surface area contributed by atoms with Crippen molar-refractivity contribution in [3.63, 3.8) is 0 Å². The van der Waals surface area contributed by atoms with E-state index in [0.717, 1.165) is 17.3 Å². The average Bonchev–Trinajstić information content (AvgIpc) is 2.73. The van der Waals surface area contributed by atoms with Gasteiger partial charge in [-0.05, 0) is 70.1 Å². The highest BCUT2D eigenvalue weighted by atomic mass is 16.5. The molecule has 4 rings (SSSR count). The van der Waals surface area contributed by atoms with Crippen LogP contribution in [-0.4, -0.2) is 29.0 Å². The molecule has 3 aromatic rings. The van der Waals surface area contributed by atoms with Gasteiger partial charge in [0.1, 0.15) is 18.2 Å². The summed E-state index contributed by atoms with van der Waals surface area (Å²) >= 11 is 0. The first-order valence-corrected chi connectivity index (χ1v) is 10.8. The molecule has 0 spiro atoms. The van der Waals surface area contributed by atoms with Crippen LogP contribution in [0.15, 0.2) is 60.8 Å². The van der Waals surface area contributed by atoms with Gasteiger partial charge < -0.3 is 4.74 Å². The first-order valence-electron chi connectivity index (χ1n) is 10.8. The Hall–Kier alpha value is -2.72. The molecule has 4 heteroatoms. The number of nitrogens with zero attached hydrogens (tertiary/aromatic N) is 3. The van der Waals surface area contributed by atoms with Crippen molar-refractivity contribution in [3.05, 3.63) is 89.0 Å². The van der Waals surface area contributed by atoms with E-state index in [2.05, 4.69) is 77.2 Å². The Morgan fingerprint density at radius 1 is 0.967 bits per heavy atom. The van der Waals surface area contributed by atoms with Crippen LogP contribution in [0.2, 0.25) is 0 Å². The number of hydrogen-bond acceptors (Lipinski definition) is 4. The van der Waals surface area contributed by atoms with Crippen LogP contribution in [0.4, 0.5) is 0 Å². The number of aromatic nitrogens is 2. The molecular weight excluding hydrogens is 370 g/mol. The molecule has 2 aromatic carbocycles. The number of ether oxygens (including phenoxy) is 1. The zero-order valence-electron chi connectivity index (χ0n) is 18.4. The highest BCUT2D eigenvalue weighted by Crippen LogP contribution is 2.49. The normalized spacial score (nSPS) is 16.2. The third kappa shape index (κ3) is 4.10. The fourth-order valence-corrected chi connectivity index (χ4v) is 4.10. The SMILES string of the molecule is Cc1ccc(C2(c3ccc(OCc4ccnc(C(C)N(C)C)n4)cc3)CCC2)cc1. The molecule has 1 atom stereocenters. The average molecular weight is 402 g/mol. The Bertz CT molecular complexity index is 976. The topological polar surface area (TPSA) is 38.2 Å². The van der Waals surface area contributed by atoms with Gasteiger partial charge in [0.15, 0.2) is 0 Å². The van der Waals surface area contributed by atoms with Crippen LogP contribution in [0.1, 0.15) is 60.4 Å². The maximum atomic E-state index is 6.02. The molecule has 0 saturated heterocycles. The Morgan fingerprint density at radius 2 is 1.60 bits per heavy atom. The van der Waals surface area contributed by atoms with Gasteiger partial charge in [-0.1, -0.05) is 48.4 Å². The molecular formula is C26H31N3O. The van der Waals surface area contributed by atoms with Crippen molar-refractivity contribution in [1.82, 2.24) is 14.9 Å². The van der Waals surface area contributed by atoms with E-state index in [-0.39, 0.29) is 11.5 Å². The Labute approximate surface area is 180 Å². The van der Waals surface area contributed by atoms with Crippen LogP contribution in [0.3, 0.4) is 0 Å². The van der Waals surface area contributed by atoms with E-state index in [9.17, 15) is 0 Å². The molecule has 1 fully saturated rings. The van der Waals surface area contributed by atoms with Gasteiger partial charge in [0.2, 0.25) is 0 Å². The first-order chi connectivity index (χ1) is 14.5. The lowest BCUT2D eigenvalue weighted by Gasteiger charge is -2.43. The summed E-state index contributed by atoms with van der Waals surface area (Å²) in [5.74, 6) is 1.69.